The topological polar surface area (TPSA) is 26.3 Å². The number of carbonyl (C=O) groups is 1. The largest absolute Gasteiger partial charge is 0.487 e. The molecule has 0 heterocycles. The number of likely N-dealkylation sites (N-methyl/N-ethyl adjacent to an activating group) is 1. The average Bonchev–Trinajstić information content (AvgIpc) is 2.63. The van der Waals surface area contributed by atoms with Crippen molar-refractivity contribution < 1.29 is 14.0 Å². The Hall–Kier alpha value is -1.35. The van der Waals surface area contributed by atoms with Gasteiger partial charge in [-0.3, -0.25) is 4.79 Å². The highest BCUT2D eigenvalue weighted by molar-refractivity contribution is 5.96. The van der Waals surface area contributed by atoms with E-state index in [-0.39, 0.29) is 5.78 Å². The maximum Gasteiger partial charge on any atom is 0.163 e. The molecule has 0 aliphatic carbocycles. The lowest BCUT2D eigenvalue weighted by atomic mass is 10.1. The van der Waals surface area contributed by atoms with Crippen molar-refractivity contribution in [3.63, 3.8) is 0 Å². The molecule has 154 valence electrons. The van der Waals surface area contributed by atoms with Crippen LogP contribution in [-0.4, -0.2) is 44.1 Å². The molecule has 0 amide bonds. The fourth-order valence-corrected chi connectivity index (χ4v) is 3.43. The first-order valence-corrected chi connectivity index (χ1v) is 11.0. The molecule has 0 saturated carbocycles. The van der Waals surface area contributed by atoms with Gasteiger partial charge in [0.1, 0.15) is 18.9 Å². The summed E-state index contributed by atoms with van der Waals surface area (Å²) in [6.45, 7) is 6.66. The molecule has 0 atom stereocenters. The second kappa shape index (κ2) is 13.8. The molecule has 1 aromatic carbocycles. The lowest BCUT2D eigenvalue weighted by Crippen LogP contribution is -2.43. The third-order valence-corrected chi connectivity index (χ3v) is 5.34. The molecular formula is C24H42NO2+. The van der Waals surface area contributed by atoms with E-state index in [1.165, 1.54) is 70.8 Å². The second-order valence-corrected chi connectivity index (χ2v) is 8.47. The van der Waals surface area contributed by atoms with Gasteiger partial charge in [-0.25, -0.2) is 0 Å². The normalized spacial score (nSPS) is 11.6. The number of hydrogen-bond acceptors (Lipinski definition) is 2. The molecule has 0 aliphatic heterocycles. The molecule has 0 aliphatic rings. The quantitative estimate of drug-likeness (QED) is 0.193. The summed E-state index contributed by atoms with van der Waals surface area (Å²) in [7, 11) is 4.54. The van der Waals surface area contributed by atoms with Crippen LogP contribution in [0.15, 0.2) is 24.3 Å². The van der Waals surface area contributed by atoms with Crippen molar-refractivity contribution in [3.05, 3.63) is 29.8 Å². The summed E-state index contributed by atoms with van der Waals surface area (Å²) in [5, 5.41) is 0. The highest BCUT2D eigenvalue weighted by Crippen LogP contribution is 2.18. The van der Waals surface area contributed by atoms with Crippen molar-refractivity contribution in [1.29, 1.82) is 0 Å². The van der Waals surface area contributed by atoms with Gasteiger partial charge in [-0.1, -0.05) is 70.4 Å². The van der Waals surface area contributed by atoms with Crippen molar-refractivity contribution in [2.24, 2.45) is 0 Å². The molecule has 1 rings (SSSR count). The zero-order valence-electron chi connectivity index (χ0n) is 18.3. The molecule has 0 fully saturated rings. The zero-order chi connectivity index (χ0) is 20.0. The first-order valence-electron chi connectivity index (χ1n) is 11.0. The van der Waals surface area contributed by atoms with E-state index >= 15 is 0 Å². The maximum atomic E-state index is 11.7. The van der Waals surface area contributed by atoms with Crippen molar-refractivity contribution >= 4 is 5.78 Å². The predicted octanol–water partition coefficient (Wildman–Crippen LogP) is 6.27. The Kier molecular flexibility index (Phi) is 12.1. The highest BCUT2D eigenvalue weighted by Gasteiger charge is 2.15. The van der Waals surface area contributed by atoms with Gasteiger partial charge < -0.3 is 9.22 Å². The second-order valence-electron chi connectivity index (χ2n) is 8.47. The first kappa shape index (κ1) is 23.7. The Labute approximate surface area is 167 Å². The van der Waals surface area contributed by atoms with Crippen LogP contribution in [0, 0.1) is 0 Å². The van der Waals surface area contributed by atoms with Crippen molar-refractivity contribution in [2.75, 3.05) is 33.8 Å². The van der Waals surface area contributed by atoms with Crippen molar-refractivity contribution in [1.82, 2.24) is 0 Å². The van der Waals surface area contributed by atoms with Gasteiger partial charge in [0.2, 0.25) is 0 Å². The van der Waals surface area contributed by atoms with E-state index in [4.69, 9.17) is 4.74 Å². The molecule has 0 N–H and O–H groups in total. The highest BCUT2D eigenvalue weighted by atomic mass is 16.5. The number of ketones is 1. The summed E-state index contributed by atoms with van der Waals surface area (Å²) in [6.07, 6.45) is 13.8. The minimum atomic E-state index is 0.0599. The minimum Gasteiger partial charge on any atom is -0.487 e. The molecule has 0 unspecified atom stereocenters. The third kappa shape index (κ3) is 11.2. The molecule has 0 radical (unpaired) electrons. The molecule has 0 aromatic heterocycles. The standard InChI is InChI=1S/C24H42NO2/c1-5-6-7-8-9-10-11-12-13-16-19-25(3,4)20-21-27-24-18-15-14-17-23(24)22(2)26/h14-15,17-18H,5-13,16,19-21H2,1-4H3/q+1. The molecule has 27 heavy (non-hydrogen) atoms. The Bertz CT molecular complexity index is 525. The summed E-state index contributed by atoms with van der Waals surface area (Å²) in [4.78, 5) is 11.7. The number of para-hydroxylation sites is 1. The molecule has 3 heteroatoms. The SMILES string of the molecule is CCCCCCCCCCCC[N+](C)(C)CCOc1ccccc1C(C)=O. The van der Waals surface area contributed by atoms with E-state index in [2.05, 4.69) is 21.0 Å². The summed E-state index contributed by atoms with van der Waals surface area (Å²) in [5.74, 6) is 0.772. The smallest absolute Gasteiger partial charge is 0.163 e. The van der Waals surface area contributed by atoms with Crippen LogP contribution in [-0.2, 0) is 0 Å². The molecule has 0 saturated heterocycles. The summed E-state index contributed by atoms with van der Waals surface area (Å²) < 4.78 is 6.87. The van der Waals surface area contributed by atoms with Gasteiger partial charge in [-0.2, -0.15) is 0 Å². The van der Waals surface area contributed by atoms with Gasteiger partial charge in [0.15, 0.2) is 5.78 Å². The van der Waals surface area contributed by atoms with Gasteiger partial charge in [0.25, 0.3) is 0 Å². The molecule has 1 aromatic rings. The Balaban J connectivity index is 2.11. The molecule has 0 bridgehead atoms. The van der Waals surface area contributed by atoms with E-state index in [0.717, 1.165) is 11.0 Å². The summed E-state index contributed by atoms with van der Waals surface area (Å²) in [5.41, 5.74) is 0.678. The van der Waals surface area contributed by atoms with E-state index < -0.39 is 0 Å². The number of carbonyl (C=O) groups excluding carboxylic acids is 1. The summed E-state index contributed by atoms with van der Waals surface area (Å²) >= 11 is 0. The van der Waals surface area contributed by atoms with E-state index in [1.54, 1.807) is 6.92 Å². The minimum absolute atomic E-state index is 0.0599. The number of hydrogen-bond donors (Lipinski definition) is 0. The molecule has 3 nitrogen and oxygen atoms in total. The Morgan fingerprint density at radius 2 is 1.41 bits per heavy atom. The van der Waals surface area contributed by atoms with Crippen LogP contribution in [0.1, 0.15) is 88.4 Å². The average molecular weight is 377 g/mol. The predicted molar refractivity (Wildman–Crippen MR) is 116 cm³/mol. The van der Waals surface area contributed by atoms with Gasteiger partial charge in [0, 0.05) is 0 Å². The van der Waals surface area contributed by atoms with Crippen LogP contribution in [0.3, 0.4) is 0 Å². The zero-order valence-corrected chi connectivity index (χ0v) is 18.3. The monoisotopic (exact) mass is 376 g/mol. The van der Waals surface area contributed by atoms with E-state index in [1.807, 2.05) is 24.3 Å². The molecule has 0 spiro atoms. The lowest BCUT2D eigenvalue weighted by Gasteiger charge is -2.29. The number of benzene rings is 1. The summed E-state index contributed by atoms with van der Waals surface area (Å²) in [6, 6.07) is 7.53. The van der Waals surface area contributed by atoms with Crippen molar-refractivity contribution in [2.45, 2.75) is 78.1 Å². The van der Waals surface area contributed by atoms with Crippen LogP contribution >= 0.6 is 0 Å². The lowest BCUT2D eigenvalue weighted by molar-refractivity contribution is -0.890. The van der Waals surface area contributed by atoms with Crippen molar-refractivity contribution in [3.8, 4) is 5.75 Å². The number of rotatable bonds is 16. The number of nitrogens with zero attached hydrogens (tertiary/aromatic N) is 1. The Morgan fingerprint density at radius 3 is 2.00 bits per heavy atom. The fourth-order valence-electron chi connectivity index (χ4n) is 3.43. The molecular weight excluding hydrogens is 334 g/mol. The Morgan fingerprint density at radius 1 is 0.852 bits per heavy atom. The maximum absolute atomic E-state index is 11.7. The first-order chi connectivity index (χ1) is 13.0. The van der Waals surface area contributed by atoms with Crippen LogP contribution < -0.4 is 4.74 Å². The number of Topliss-reactive ketones (excluding diaryl/α,β-unsaturated/α-hetero) is 1. The van der Waals surface area contributed by atoms with Gasteiger partial charge >= 0.3 is 0 Å². The fraction of sp³-hybridized carbons (Fsp3) is 0.708. The van der Waals surface area contributed by atoms with E-state index in [9.17, 15) is 4.79 Å². The van der Waals surface area contributed by atoms with Gasteiger partial charge in [-0.05, 0) is 31.9 Å². The van der Waals surface area contributed by atoms with Gasteiger partial charge in [0.05, 0.1) is 26.2 Å². The van der Waals surface area contributed by atoms with E-state index in [0.29, 0.717) is 17.9 Å². The van der Waals surface area contributed by atoms with Crippen LogP contribution in [0.25, 0.3) is 0 Å². The van der Waals surface area contributed by atoms with Gasteiger partial charge in [-0.15, -0.1) is 0 Å². The number of ether oxygens (including phenoxy) is 1. The van der Waals surface area contributed by atoms with Crippen LogP contribution in [0.4, 0.5) is 0 Å². The number of unbranched alkanes of at least 4 members (excludes halogenated alkanes) is 9. The third-order valence-electron chi connectivity index (χ3n) is 5.34. The van der Waals surface area contributed by atoms with Crippen LogP contribution in [0.5, 0.6) is 5.75 Å². The van der Waals surface area contributed by atoms with Crippen LogP contribution in [0.2, 0.25) is 0 Å². The number of quaternary nitrogens is 1.